The molecule has 0 spiro atoms. The van der Waals surface area contributed by atoms with E-state index in [1.807, 2.05) is 7.11 Å². The van der Waals surface area contributed by atoms with Gasteiger partial charge in [-0.25, -0.2) is 0 Å². The molecular formula is C30H36N2O2. The SMILES string of the molecule is COc1ccc2c(c1)C13CCN(CC4CC4)C(C2)C12CCC1C3[C@@H](CN1Cc1ccccc1)O2. The van der Waals surface area contributed by atoms with Gasteiger partial charge in [0, 0.05) is 43.1 Å². The molecule has 3 aliphatic carbocycles. The van der Waals surface area contributed by atoms with Crippen LogP contribution in [0.25, 0.3) is 0 Å². The molecule has 3 heterocycles. The van der Waals surface area contributed by atoms with Crippen molar-refractivity contribution in [1.29, 1.82) is 0 Å². The summed E-state index contributed by atoms with van der Waals surface area (Å²) in [5.74, 6) is 2.54. The van der Waals surface area contributed by atoms with Crippen LogP contribution in [0.1, 0.15) is 48.8 Å². The van der Waals surface area contributed by atoms with Crippen molar-refractivity contribution in [2.75, 3.05) is 26.7 Å². The fourth-order valence-corrected chi connectivity index (χ4v) is 9.24. The first-order chi connectivity index (χ1) is 16.7. The van der Waals surface area contributed by atoms with E-state index in [-0.39, 0.29) is 11.0 Å². The number of likely N-dealkylation sites (tertiary alicyclic amines) is 2. The number of nitrogens with zero attached hydrogens (tertiary/aromatic N) is 2. The van der Waals surface area contributed by atoms with Gasteiger partial charge < -0.3 is 9.47 Å². The Balaban J connectivity index is 1.24. The van der Waals surface area contributed by atoms with E-state index in [2.05, 4.69) is 58.3 Å². The topological polar surface area (TPSA) is 24.9 Å². The van der Waals surface area contributed by atoms with E-state index >= 15 is 0 Å². The van der Waals surface area contributed by atoms with Crippen LogP contribution in [0.4, 0.5) is 0 Å². The number of rotatable bonds is 5. The summed E-state index contributed by atoms with van der Waals surface area (Å²) < 4.78 is 13.2. The molecule has 2 saturated carbocycles. The van der Waals surface area contributed by atoms with Crippen LogP contribution in [0, 0.1) is 11.8 Å². The third-order valence-electron chi connectivity index (χ3n) is 10.6. The molecular weight excluding hydrogens is 420 g/mol. The van der Waals surface area contributed by atoms with Crippen LogP contribution in [-0.2, 0) is 23.1 Å². The van der Waals surface area contributed by atoms with Crippen LogP contribution in [0.3, 0.4) is 0 Å². The largest absolute Gasteiger partial charge is 0.497 e. The highest BCUT2D eigenvalue weighted by Crippen LogP contribution is 2.69. The average molecular weight is 457 g/mol. The zero-order valence-corrected chi connectivity index (χ0v) is 20.3. The summed E-state index contributed by atoms with van der Waals surface area (Å²) in [5.41, 5.74) is 4.70. The first-order valence-corrected chi connectivity index (χ1v) is 13.6. The van der Waals surface area contributed by atoms with E-state index < -0.39 is 0 Å². The molecule has 4 bridgehead atoms. The van der Waals surface area contributed by atoms with Gasteiger partial charge in [-0.1, -0.05) is 36.4 Å². The maximum Gasteiger partial charge on any atom is 0.119 e. The Labute approximate surface area is 203 Å². The highest BCUT2D eigenvalue weighted by molar-refractivity contribution is 5.52. The Hall–Kier alpha value is -1.88. The molecule has 3 aliphatic heterocycles. The van der Waals surface area contributed by atoms with Crippen molar-refractivity contribution in [3.63, 3.8) is 0 Å². The van der Waals surface area contributed by atoms with Gasteiger partial charge in [-0.2, -0.15) is 0 Å². The quantitative estimate of drug-likeness (QED) is 0.666. The van der Waals surface area contributed by atoms with Gasteiger partial charge in [0.15, 0.2) is 0 Å². The predicted molar refractivity (Wildman–Crippen MR) is 132 cm³/mol. The highest BCUT2D eigenvalue weighted by atomic mass is 16.5. The number of fused-ring (bicyclic) bond motifs is 1. The molecule has 178 valence electrons. The van der Waals surface area contributed by atoms with E-state index in [4.69, 9.17) is 9.47 Å². The first-order valence-electron chi connectivity index (χ1n) is 13.6. The number of ether oxygens (including phenoxy) is 2. The molecule has 2 aromatic carbocycles. The number of benzene rings is 2. The maximum atomic E-state index is 7.43. The van der Waals surface area contributed by atoms with Crippen LogP contribution in [0.2, 0.25) is 0 Å². The molecule has 2 aromatic rings. The second kappa shape index (κ2) is 7.09. The summed E-state index contributed by atoms with van der Waals surface area (Å²) >= 11 is 0. The van der Waals surface area contributed by atoms with Gasteiger partial charge in [0.1, 0.15) is 5.75 Å². The van der Waals surface area contributed by atoms with Crippen molar-refractivity contribution in [2.45, 2.75) is 74.3 Å². The van der Waals surface area contributed by atoms with Crippen molar-refractivity contribution in [3.8, 4) is 5.75 Å². The summed E-state index contributed by atoms with van der Waals surface area (Å²) in [5, 5.41) is 0. The van der Waals surface area contributed by atoms with Crippen molar-refractivity contribution in [2.24, 2.45) is 11.8 Å². The lowest BCUT2D eigenvalue weighted by molar-refractivity contribution is -0.173. The Morgan fingerprint density at radius 3 is 2.74 bits per heavy atom. The summed E-state index contributed by atoms with van der Waals surface area (Å²) in [7, 11) is 1.82. The third-order valence-corrected chi connectivity index (χ3v) is 10.6. The average Bonchev–Trinajstić information content (AvgIpc) is 3.57. The molecule has 3 saturated heterocycles. The predicted octanol–water partition coefficient (Wildman–Crippen LogP) is 4.41. The minimum atomic E-state index is -0.00975. The Morgan fingerprint density at radius 2 is 1.91 bits per heavy atom. The minimum absolute atomic E-state index is 0.00975. The molecule has 5 unspecified atom stereocenters. The van der Waals surface area contributed by atoms with Gasteiger partial charge in [0.05, 0.1) is 18.8 Å². The Kier molecular flexibility index (Phi) is 4.24. The molecule has 4 heteroatoms. The van der Waals surface area contributed by atoms with Crippen molar-refractivity contribution >= 4 is 0 Å². The zero-order valence-electron chi connectivity index (χ0n) is 20.3. The lowest BCUT2D eigenvalue weighted by Gasteiger charge is -2.65. The highest BCUT2D eigenvalue weighted by Gasteiger charge is 2.77. The lowest BCUT2D eigenvalue weighted by Crippen LogP contribution is -2.74. The summed E-state index contributed by atoms with van der Waals surface area (Å²) in [4.78, 5) is 5.63. The van der Waals surface area contributed by atoms with Crippen LogP contribution >= 0.6 is 0 Å². The molecule has 8 rings (SSSR count). The molecule has 0 N–H and O–H groups in total. The van der Waals surface area contributed by atoms with E-state index in [0.717, 1.165) is 31.2 Å². The maximum absolute atomic E-state index is 7.43. The first kappa shape index (κ1) is 20.3. The van der Waals surface area contributed by atoms with Gasteiger partial charge in [-0.05, 0) is 79.8 Å². The minimum Gasteiger partial charge on any atom is -0.497 e. The fraction of sp³-hybridized carbons (Fsp3) is 0.600. The number of hydrogen-bond acceptors (Lipinski definition) is 4. The van der Waals surface area contributed by atoms with Crippen LogP contribution in [0.5, 0.6) is 5.75 Å². The third kappa shape index (κ3) is 2.55. The lowest BCUT2D eigenvalue weighted by atomic mass is 9.46. The molecule has 5 fully saturated rings. The van der Waals surface area contributed by atoms with Crippen molar-refractivity contribution in [1.82, 2.24) is 9.80 Å². The molecule has 0 radical (unpaired) electrons. The summed E-state index contributed by atoms with van der Waals surface area (Å²) in [6, 6.07) is 19.2. The zero-order chi connectivity index (χ0) is 22.5. The van der Waals surface area contributed by atoms with E-state index in [9.17, 15) is 0 Å². The smallest absolute Gasteiger partial charge is 0.119 e. The normalized spacial score (nSPS) is 40.1. The molecule has 0 amide bonds. The van der Waals surface area contributed by atoms with Crippen molar-refractivity contribution < 1.29 is 9.47 Å². The molecule has 6 aliphatic rings. The number of hydrogen-bond donors (Lipinski definition) is 0. The monoisotopic (exact) mass is 456 g/mol. The summed E-state index contributed by atoms with van der Waals surface area (Å²) in [6.45, 7) is 4.66. The second-order valence-corrected chi connectivity index (χ2v) is 12.0. The number of piperidine rings is 1. The Morgan fingerprint density at radius 1 is 1.03 bits per heavy atom. The number of methoxy groups -OCH3 is 1. The summed E-state index contributed by atoms with van der Waals surface area (Å²) in [6.07, 6.45) is 8.09. The van der Waals surface area contributed by atoms with E-state index in [1.54, 1.807) is 11.1 Å². The molecule has 6 atom stereocenters. The van der Waals surface area contributed by atoms with Crippen LogP contribution < -0.4 is 4.74 Å². The van der Waals surface area contributed by atoms with Gasteiger partial charge in [-0.3, -0.25) is 9.80 Å². The molecule has 4 nitrogen and oxygen atoms in total. The van der Waals surface area contributed by atoms with Gasteiger partial charge in [0.25, 0.3) is 0 Å². The van der Waals surface area contributed by atoms with Gasteiger partial charge in [0.2, 0.25) is 0 Å². The molecule has 0 aromatic heterocycles. The molecule has 34 heavy (non-hydrogen) atoms. The van der Waals surface area contributed by atoms with Crippen molar-refractivity contribution in [3.05, 3.63) is 65.2 Å². The van der Waals surface area contributed by atoms with E-state index in [1.165, 1.54) is 50.8 Å². The fourth-order valence-electron chi connectivity index (χ4n) is 9.24. The van der Waals surface area contributed by atoms with Crippen LogP contribution in [-0.4, -0.2) is 60.3 Å². The van der Waals surface area contributed by atoms with Crippen LogP contribution in [0.15, 0.2) is 48.5 Å². The van der Waals surface area contributed by atoms with Gasteiger partial charge in [-0.15, -0.1) is 0 Å². The van der Waals surface area contributed by atoms with Gasteiger partial charge >= 0.3 is 0 Å². The van der Waals surface area contributed by atoms with E-state index in [0.29, 0.717) is 24.1 Å². The standard InChI is InChI=1S/C30H36N2O2/c1-33-23-10-9-22-15-27-30-12-11-25-28(26(34-30)19-32(25)18-20-5-3-2-4-6-20)29(30,24(22)16-23)13-14-31(27)17-21-7-8-21/h2-6,9-10,16,21,25-28H,7-8,11-15,17-19H2,1H3/t25?,26-,27?,28?,29?,30?/m1/s1. The second-order valence-electron chi connectivity index (χ2n) is 12.0. The Bertz CT molecular complexity index is 1120.